The lowest BCUT2D eigenvalue weighted by Gasteiger charge is -1.99. The van der Waals surface area contributed by atoms with Gasteiger partial charge in [0, 0.05) is 12.2 Å². The van der Waals surface area contributed by atoms with E-state index in [0.717, 1.165) is 0 Å². The Labute approximate surface area is 96.0 Å². The fraction of sp³-hybridized carbons (Fsp3) is 0.222. The Hall–Kier alpha value is -1.94. The van der Waals surface area contributed by atoms with Gasteiger partial charge in [-0.1, -0.05) is 11.8 Å². The van der Waals surface area contributed by atoms with E-state index in [4.69, 9.17) is 15.5 Å². The van der Waals surface area contributed by atoms with Gasteiger partial charge in [0.1, 0.15) is 0 Å². The number of hydrogen-bond acceptors (Lipinski definition) is 6. The number of nitrogens with zero attached hydrogens (tertiary/aromatic N) is 4. The minimum atomic E-state index is 0.452. The van der Waals surface area contributed by atoms with Crippen LogP contribution in [0.5, 0.6) is 0 Å². The molecular formula is C9H9N5OS. The lowest BCUT2D eigenvalue weighted by Crippen LogP contribution is -2.11. The highest BCUT2D eigenvalue weighted by Crippen LogP contribution is 2.21. The third kappa shape index (κ3) is 2.01. The Balaban J connectivity index is 2.15. The Kier molecular flexibility index (Phi) is 3.12. The van der Waals surface area contributed by atoms with E-state index in [9.17, 15) is 0 Å². The molecule has 0 aromatic carbocycles. The van der Waals surface area contributed by atoms with Gasteiger partial charge >= 0.3 is 0 Å². The Morgan fingerprint density at radius 1 is 1.56 bits per heavy atom. The van der Waals surface area contributed by atoms with Crippen LogP contribution in [0.25, 0.3) is 11.6 Å². The molecule has 7 heteroatoms. The SMILES string of the molecule is N#CCCSc1nnc(-c2ccco2)n1N. The molecule has 0 unspecified atom stereocenters. The summed E-state index contributed by atoms with van der Waals surface area (Å²) < 4.78 is 6.54. The summed E-state index contributed by atoms with van der Waals surface area (Å²) in [6.07, 6.45) is 2.00. The number of thioether (sulfide) groups is 1. The first-order chi connectivity index (χ1) is 7.83. The van der Waals surface area contributed by atoms with E-state index >= 15 is 0 Å². The Bertz CT molecular complexity index is 498. The van der Waals surface area contributed by atoms with E-state index in [-0.39, 0.29) is 0 Å². The molecule has 0 amide bonds. The van der Waals surface area contributed by atoms with Crippen LogP contribution in [-0.2, 0) is 0 Å². The first-order valence-corrected chi connectivity index (χ1v) is 5.55. The number of hydrogen-bond donors (Lipinski definition) is 1. The fourth-order valence-corrected chi connectivity index (χ4v) is 1.84. The molecule has 0 aliphatic heterocycles. The van der Waals surface area contributed by atoms with E-state index in [0.29, 0.717) is 28.9 Å². The number of nitrogens with two attached hydrogens (primary N) is 1. The van der Waals surface area contributed by atoms with Crippen molar-refractivity contribution in [3.8, 4) is 17.7 Å². The second-order valence-corrected chi connectivity index (χ2v) is 3.97. The molecule has 0 radical (unpaired) electrons. The maximum Gasteiger partial charge on any atom is 0.218 e. The highest BCUT2D eigenvalue weighted by molar-refractivity contribution is 7.99. The quantitative estimate of drug-likeness (QED) is 0.487. The minimum absolute atomic E-state index is 0.452. The molecule has 2 rings (SSSR count). The van der Waals surface area contributed by atoms with Crippen molar-refractivity contribution in [1.29, 1.82) is 5.26 Å². The predicted octanol–water partition coefficient (Wildman–Crippen LogP) is 1.26. The molecule has 82 valence electrons. The van der Waals surface area contributed by atoms with Gasteiger partial charge in [0.25, 0.3) is 0 Å². The highest BCUT2D eigenvalue weighted by atomic mass is 32.2. The molecule has 0 saturated heterocycles. The third-order valence-electron chi connectivity index (χ3n) is 1.85. The topological polar surface area (TPSA) is 93.7 Å². The first-order valence-electron chi connectivity index (χ1n) is 4.57. The highest BCUT2D eigenvalue weighted by Gasteiger charge is 2.13. The predicted molar refractivity (Wildman–Crippen MR) is 58.8 cm³/mol. The zero-order valence-corrected chi connectivity index (χ0v) is 9.15. The third-order valence-corrected chi connectivity index (χ3v) is 2.80. The summed E-state index contributed by atoms with van der Waals surface area (Å²) in [6.45, 7) is 0. The molecule has 2 aromatic rings. The van der Waals surface area contributed by atoms with Gasteiger partial charge in [-0.05, 0) is 12.1 Å². The standard InChI is InChI=1S/C9H9N5OS/c10-4-2-6-16-9-13-12-8(14(9)11)7-3-1-5-15-7/h1,3,5H,2,6,11H2. The molecule has 0 fully saturated rings. The van der Waals surface area contributed by atoms with Crippen LogP contribution in [0.1, 0.15) is 6.42 Å². The lowest BCUT2D eigenvalue weighted by molar-refractivity contribution is 0.574. The lowest BCUT2D eigenvalue weighted by atomic mass is 10.4. The van der Waals surface area contributed by atoms with Gasteiger partial charge < -0.3 is 10.3 Å². The van der Waals surface area contributed by atoms with Crippen molar-refractivity contribution in [3.63, 3.8) is 0 Å². The molecule has 0 aliphatic carbocycles. The summed E-state index contributed by atoms with van der Waals surface area (Å²) >= 11 is 1.39. The van der Waals surface area contributed by atoms with Crippen LogP contribution in [0.4, 0.5) is 0 Å². The zero-order chi connectivity index (χ0) is 11.4. The van der Waals surface area contributed by atoms with Crippen molar-refractivity contribution < 1.29 is 4.42 Å². The number of rotatable bonds is 4. The van der Waals surface area contributed by atoms with Crippen LogP contribution in [0.3, 0.4) is 0 Å². The van der Waals surface area contributed by atoms with Gasteiger partial charge in [-0.25, -0.2) is 4.68 Å². The minimum Gasteiger partial charge on any atom is -0.461 e. The molecule has 0 bridgehead atoms. The maximum atomic E-state index is 8.42. The van der Waals surface area contributed by atoms with Gasteiger partial charge in [0.2, 0.25) is 11.0 Å². The fourth-order valence-electron chi connectivity index (χ4n) is 1.14. The van der Waals surface area contributed by atoms with Crippen LogP contribution >= 0.6 is 11.8 Å². The van der Waals surface area contributed by atoms with E-state index < -0.39 is 0 Å². The largest absolute Gasteiger partial charge is 0.461 e. The monoisotopic (exact) mass is 235 g/mol. The molecule has 2 heterocycles. The molecule has 16 heavy (non-hydrogen) atoms. The molecule has 0 aliphatic rings. The van der Waals surface area contributed by atoms with Crippen molar-refractivity contribution in [3.05, 3.63) is 18.4 Å². The molecule has 6 nitrogen and oxygen atoms in total. The second-order valence-electron chi connectivity index (χ2n) is 2.91. The summed E-state index contributed by atoms with van der Waals surface area (Å²) in [6, 6.07) is 5.57. The molecule has 0 spiro atoms. The van der Waals surface area contributed by atoms with Crippen LogP contribution in [0.2, 0.25) is 0 Å². The van der Waals surface area contributed by atoms with E-state index in [2.05, 4.69) is 16.3 Å². The summed E-state index contributed by atoms with van der Waals surface area (Å²) in [5.41, 5.74) is 0. The number of furan rings is 1. The van der Waals surface area contributed by atoms with Crippen LogP contribution in [0.15, 0.2) is 28.0 Å². The Morgan fingerprint density at radius 3 is 3.12 bits per heavy atom. The smallest absolute Gasteiger partial charge is 0.218 e. The van der Waals surface area contributed by atoms with Gasteiger partial charge in [-0.2, -0.15) is 5.26 Å². The molecule has 0 atom stereocenters. The summed E-state index contributed by atoms with van der Waals surface area (Å²) in [5.74, 6) is 7.50. The summed E-state index contributed by atoms with van der Waals surface area (Å²) in [5, 5.41) is 16.8. The summed E-state index contributed by atoms with van der Waals surface area (Å²) in [4.78, 5) is 0. The van der Waals surface area contributed by atoms with Gasteiger partial charge in [0.05, 0.1) is 12.3 Å². The molecular weight excluding hydrogens is 226 g/mol. The van der Waals surface area contributed by atoms with E-state index in [1.807, 2.05) is 0 Å². The van der Waals surface area contributed by atoms with Crippen molar-refractivity contribution in [2.24, 2.45) is 0 Å². The van der Waals surface area contributed by atoms with Crippen molar-refractivity contribution in [2.45, 2.75) is 11.6 Å². The Morgan fingerprint density at radius 2 is 2.44 bits per heavy atom. The van der Waals surface area contributed by atoms with E-state index in [1.54, 1.807) is 18.4 Å². The van der Waals surface area contributed by atoms with E-state index in [1.165, 1.54) is 16.4 Å². The second kappa shape index (κ2) is 4.72. The van der Waals surface area contributed by atoms with Gasteiger partial charge in [-0.15, -0.1) is 10.2 Å². The van der Waals surface area contributed by atoms with Crippen LogP contribution in [-0.4, -0.2) is 20.6 Å². The van der Waals surface area contributed by atoms with Gasteiger partial charge in [0.15, 0.2) is 5.76 Å². The summed E-state index contributed by atoms with van der Waals surface area (Å²) in [7, 11) is 0. The number of aromatic nitrogens is 3. The molecule has 0 saturated carbocycles. The van der Waals surface area contributed by atoms with Crippen molar-refractivity contribution >= 4 is 11.8 Å². The average Bonchev–Trinajstić information content (AvgIpc) is 2.89. The maximum absolute atomic E-state index is 8.42. The van der Waals surface area contributed by atoms with Crippen molar-refractivity contribution in [1.82, 2.24) is 14.9 Å². The van der Waals surface area contributed by atoms with Crippen molar-refractivity contribution in [2.75, 3.05) is 11.6 Å². The average molecular weight is 235 g/mol. The van der Waals surface area contributed by atoms with Gasteiger partial charge in [-0.3, -0.25) is 0 Å². The molecule has 2 N–H and O–H groups in total. The first kappa shape index (κ1) is 10.6. The number of nitriles is 1. The van der Waals surface area contributed by atoms with Crippen LogP contribution in [0, 0.1) is 11.3 Å². The molecule has 2 aromatic heterocycles. The van der Waals surface area contributed by atoms with Crippen LogP contribution < -0.4 is 5.84 Å². The zero-order valence-electron chi connectivity index (χ0n) is 8.33. The normalized spacial score (nSPS) is 10.2. The number of nitrogen functional groups attached to an aromatic ring is 1.